The van der Waals surface area contributed by atoms with Crippen molar-refractivity contribution in [2.45, 2.75) is 29.6 Å². The first-order valence-corrected chi connectivity index (χ1v) is 6.21. The van der Waals surface area contributed by atoms with E-state index in [9.17, 15) is 18.0 Å². The van der Waals surface area contributed by atoms with Gasteiger partial charge in [-0.05, 0) is 23.4 Å². The highest BCUT2D eigenvalue weighted by atomic mass is 35.5. The molecule has 0 aromatic heterocycles. The first kappa shape index (κ1) is 14.4. The minimum Gasteiger partial charge on any atom is -0.294 e. The molecule has 17 heavy (non-hydrogen) atoms. The monoisotopic (exact) mass is 282 g/mol. The van der Waals surface area contributed by atoms with E-state index in [0.29, 0.717) is 5.56 Å². The average Bonchev–Trinajstić information content (AvgIpc) is 2.25. The molecule has 0 spiro atoms. The Balaban J connectivity index is 3.24. The highest BCUT2D eigenvalue weighted by molar-refractivity contribution is 8.00. The molecule has 0 unspecified atom stereocenters. The Morgan fingerprint density at radius 3 is 2.53 bits per heavy atom. The van der Waals surface area contributed by atoms with Crippen LogP contribution in [-0.2, 0) is 5.88 Å². The van der Waals surface area contributed by atoms with E-state index in [2.05, 4.69) is 0 Å². The van der Waals surface area contributed by atoms with Gasteiger partial charge in [-0.15, -0.1) is 11.6 Å². The van der Waals surface area contributed by atoms with Gasteiger partial charge in [-0.1, -0.05) is 19.1 Å². The first-order chi connectivity index (χ1) is 7.89. The van der Waals surface area contributed by atoms with Crippen LogP contribution in [0.1, 0.15) is 29.3 Å². The first-order valence-electron chi connectivity index (χ1n) is 4.85. The van der Waals surface area contributed by atoms with Gasteiger partial charge in [-0.25, -0.2) is 0 Å². The Kier molecular flexibility index (Phi) is 4.89. The van der Waals surface area contributed by atoms with Gasteiger partial charge in [0, 0.05) is 22.8 Å². The summed E-state index contributed by atoms with van der Waals surface area (Å²) in [5.41, 5.74) is -3.88. The third kappa shape index (κ3) is 3.92. The molecule has 0 N–H and O–H groups in total. The SMILES string of the molecule is CCC(=O)c1c(CCl)cccc1SC(F)(F)F. The number of benzene rings is 1. The number of ketones is 1. The number of carbonyl (C=O) groups excluding carboxylic acids is 1. The predicted molar refractivity (Wildman–Crippen MR) is 62.5 cm³/mol. The van der Waals surface area contributed by atoms with Gasteiger partial charge in [0.2, 0.25) is 0 Å². The number of carbonyl (C=O) groups is 1. The van der Waals surface area contributed by atoms with Crippen LogP contribution in [0.15, 0.2) is 23.1 Å². The summed E-state index contributed by atoms with van der Waals surface area (Å²) in [5, 5.41) is 0. The number of alkyl halides is 4. The molecule has 0 heterocycles. The summed E-state index contributed by atoms with van der Waals surface area (Å²) in [7, 11) is 0. The molecule has 1 aromatic rings. The molecule has 0 saturated heterocycles. The van der Waals surface area contributed by atoms with E-state index in [1.807, 2.05) is 0 Å². The lowest BCUT2D eigenvalue weighted by Gasteiger charge is -2.12. The van der Waals surface area contributed by atoms with E-state index in [-0.39, 0.29) is 40.3 Å². The molecule has 0 fully saturated rings. The van der Waals surface area contributed by atoms with Gasteiger partial charge in [0.25, 0.3) is 0 Å². The van der Waals surface area contributed by atoms with Crippen molar-refractivity contribution in [3.8, 4) is 0 Å². The summed E-state index contributed by atoms with van der Waals surface area (Å²) in [6, 6.07) is 4.33. The molecule has 1 nitrogen and oxygen atoms in total. The Morgan fingerprint density at radius 1 is 1.41 bits per heavy atom. The van der Waals surface area contributed by atoms with Crippen LogP contribution < -0.4 is 0 Å². The van der Waals surface area contributed by atoms with Gasteiger partial charge in [0.1, 0.15) is 0 Å². The highest BCUT2D eigenvalue weighted by Gasteiger charge is 2.31. The van der Waals surface area contributed by atoms with Crippen LogP contribution in [0.25, 0.3) is 0 Å². The molecule has 0 amide bonds. The third-order valence-electron chi connectivity index (χ3n) is 2.08. The molecule has 0 saturated carbocycles. The molecule has 0 aliphatic rings. The van der Waals surface area contributed by atoms with Crippen molar-refractivity contribution in [1.82, 2.24) is 0 Å². The van der Waals surface area contributed by atoms with Crippen LogP contribution in [0, 0.1) is 0 Å². The minimum atomic E-state index is -4.41. The Labute approximate surface area is 106 Å². The standard InChI is InChI=1S/C11H10ClF3OS/c1-2-8(16)10-7(6-12)4-3-5-9(10)17-11(13,14)15/h3-5H,2,6H2,1H3. The molecule has 94 valence electrons. The lowest BCUT2D eigenvalue weighted by Crippen LogP contribution is -2.07. The molecule has 0 bridgehead atoms. The molecule has 0 atom stereocenters. The molecule has 1 aromatic carbocycles. The summed E-state index contributed by atoms with van der Waals surface area (Å²) in [6.45, 7) is 1.61. The average molecular weight is 283 g/mol. The zero-order valence-electron chi connectivity index (χ0n) is 8.97. The lowest BCUT2D eigenvalue weighted by molar-refractivity contribution is -0.0328. The van der Waals surface area contributed by atoms with E-state index in [1.165, 1.54) is 12.1 Å². The van der Waals surface area contributed by atoms with Crippen molar-refractivity contribution < 1.29 is 18.0 Å². The van der Waals surface area contributed by atoms with Crippen LogP contribution >= 0.6 is 23.4 Å². The molecule has 6 heteroatoms. The molecule has 0 radical (unpaired) electrons. The fourth-order valence-corrected chi connectivity index (χ4v) is 2.36. The zero-order chi connectivity index (χ0) is 13.1. The molecular formula is C11H10ClF3OS. The van der Waals surface area contributed by atoms with Gasteiger partial charge in [-0.2, -0.15) is 13.2 Å². The predicted octanol–water partition coefficient (Wildman–Crippen LogP) is 4.63. The summed E-state index contributed by atoms with van der Waals surface area (Å²) in [5.74, 6) is -0.305. The van der Waals surface area contributed by atoms with Gasteiger partial charge < -0.3 is 0 Å². The van der Waals surface area contributed by atoms with Gasteiger partial charge in [0.05, 0.1) is 0 Å². The third-order valence-corrected chi connectivity index (χ3v) is 3.16. The Bertz CT molecular complexity index is 418. The zero-order valence-corrected chi connectivity index (χ0v) is 10.5. The number of hydrogen-bond donors (Lipinski definition) is 0. The van der Waals surface area contributed by atoms with E-state index in [1.54, 1.807) is 13.0 Å². The number of Topliss-reactive ketones (excluding diaryl/α,β-unsaturated/α-hetero) is 1. The largest absolute Gasteiger partial charge is 0.446 e. The normalized spacial score (nSPS) is 11.6. The van der Waals surface area contributed by atoms with Gasteiger partial charge >= 0.3 is 5.51 Å². The fraction of sp³-hybridized carbons (Fsp3) is 0.364. The molecule has 1 rings (SSSR count). The number of hydrogen-bond acceptors (Lipinski definition) is 2. The smallest absolute Gasteiger partial charge is 0.294 e. The van der Waals surface area contributed by atoms with Crippen LogP contribution in [0.2, 0.25) is 0 Å². The summed E-state index contributed by atoms with van der Waals surface area (Å²) >= 11 is 5.35. The second-order valence-electron chi connectivity index (χ2n) is 3.25. The van der Waals surface area contributed by atoms with Crippen molar-refractivity contribution in [3.05, 3.63) is 29.3 Å². The summed E-state index contributed by atoms with van der Waals surface area (Å²) in [4.78, 5) is 11.6. The van der Waals surface area contributed by atoms with Crippen molar-refractivity contribution in [2.24, 2.45) is 0 Å². The van der Waals surface area contributed by atoms with Crippen molar-refractivity contribution in [3.63, 3.8) is 0 Å². The van der Waals surface area contributed by atoms with E-state index < -0.39 is 5.51 Å². The minimum absolute atomic E-state index is 0.0212. The van der Waals surface area contributed by atoms with E-state index >= 15 is 0 Å². The summed E-state index contributed by atoms with van der Waals surface area (Å²) < 4.78 is 37.0. The Morgan fingerprint density at radius 2 is 2.06 bits per heavy atom. The molecule has 0 aliphatic carbocycles. The van der Waals surface area contributed by atoms with Gasteiger partial charge in [-0.3, -0.25) is 4.79 Å². The van der Waals surface area contributed by atoms with E-state index in [0.717, 1.165) is 0 Å². The second-order valence-corrected chi connectivity index (χ2v) is 4.62. The Hall–Kier alpha value is -0.680. The number of halogens is 4. The molecular weight excluding hydrogens is 273 g/mol. The van der Waals surface area contributed by atoms with Crippen molar-refractivity contribution >= 4 is 29.1 Å². The number of thioether (sulfide) groups is 1. The maximum Gasteiger partial charge on any atom is 0.446 e. The fourth-order valence-electron chi connectivity index (χ4n) is 1.39. The highest BCUT2D eigenvalue weighted by Crippen LogP contribution is 2.39. The lowest BCUT2D eigenvalue weighted by atomic mass is 10.0. The van der Waals surface area contributed by atoms with E-state index in [4.69, 9.17) is 11.6 Å². The maximum absolute atomic E-state index is 12.3. The quantitative estimate of drug-likeness (QED) is 0.455. The maximum atomic E-state index is 12.3. The molecule has 0 aliphatic heterocycles. The van der Waals surface area contributed by atoms with Crippen LogP contribution in [0.3, 0.4) is 0 Å². The van der Waals surface area contributed by atoms with Crippen molar-refractivity contribution in [1.29, 1.82) is 0 Å². The van der Waals surface area contributed by atoms with Crippen LogP contribution in [0.5, 0.6) is 0 Å². The second kappa shape index (κ2) is 5.78. The van der Waals surface area contributed by atoms with Gasteiger partial charge in [0.15, 0.2) is 5.78 Å². The topological polar surface area (TPSA) is 17.1 Å². The van der Waals surface area contributed by atoms with Crippen LogP contribution in [0.4, 0.5) is 13.2 Å². The summed E-state index contributed by atoms with van der Waals surface area (Å²) in [6.07, 6.45) is 0.152. The van der Waals surface area contributed by atoms with Crippen LogP contribution in [-0.4, -0.2) is 11.3 Å². The number of rotatable bonds is 4. The van der Waals surface area contributed by atoms with Crippen molar-refractivity contribution in [2.75, 3.05) is 0 Å².